The van der Waals surface area contributed by atoms with Gasteiger partial charge in [-0.3, -0.25) is 9.59 Å². The van der Waals surface area contributed by atoms with Crippen LogP contribution in [0.1, 0.15) is 49.8 Å². The van der Waals surface area contributed by atoms with E-state index in [-0.39, 0.29) is 12.5 Å². The number of alkyl halides is 1. The Labute approximate surface area is 180 Å². The Hall–Kier alpha value is -1.80. The number of esters is 1. The lowest BCUT2D eigenvalue weighted by atomic mass is 9.86. The van der Waals surface area contributed by atoms with Gasteiger partial charge in [-0.2, -0.15) is 0 Å². The molecular weight excluding hydrogens is 423 g/mol. The quantitative estimate of drug-likeness (QED) is 0.441. The first-order valence-corrected chi connectivity index (χ1v) is 10.3. The van der Waals surface area contributed by atoms with E-state index in [2.05, 4.69) is 0 Å². The Morgan fingerprint density at radius 1 is 1.13 bits per heavy atom. The van der Waals surface area contributed by atoms with E-state index in [0.717, 1.165) is 17.5 Å². The van der Waals surface area contributed by atoms with Crippen molar-refractivity contribution in [3.63, 3.8) is 0 Å². The van der Waals surface area contributed by atoms with Gasteiger partial charge in [0.15, 0.2) is 0 Å². The molecule has 0 aliphatic heterocycles. The van der Waals surface area contributed by atoms with E-state index < -0.39 is 29.3 Å². The first-order valence-electron chi connectivity index (χ1n) is 9.93. The van der Waals surface area contributed by atoms with Gasteiger partial charge in [-0.25, -0.2) is 4.39 Å². The fraction of sp³-hybridized carbons (Fsp3) is 0.619. The highest BCUT2D eigenvalue weighted by molar-refractivity contribution is 6.30. The van der Waals surface area contributed by atoms with Crippen LogP contribution in [0.5, 0.6) is 0 Å². The third kappa shape index (κ3) is 8.14. The number of carbonyl (C=O) groups excluding carboxylic acids is 2. The van der Waals surface area contributed by atoms with Crippen molar-refractivity contribution in [2.45, 2.75) is 65.7 Å². The molecule has 0 spiro atoms. The fourth-order valence-corrected chi connectivity index (χ4v) is 3.74. The zero-order valence-corrected chi connectivity index (χ0v) is 18.5. The Balaban J connectivity index is 0.000000300. The third-order valence-corrected chi connectivity index (χ3v) is 5.11. The second-order valence-electron chi connectivity index (χ2n) is 7.09. The van der Waals surface area contributed by atoms with Crippen molar-refractivity contribution in [1.82, 2.24) is 5.34 Å². The molecule has 0 radical (unpaired) electrons. The molecule has 3 atom stereocenters. The number of nitrogens with zero attached hydrogens (tertiary/aromatic N) is 1. The molecule has 1 amide bonds. The van der Waals surface area contributed by atoms with Crippen molar-refractivity contribution in [1.29, 1.82) is 0 Å². The summed E-state index contributed by atoms with van der Waals surface area (Å²) in [5, 5.41) is -0.855. The molecule has 30 heavy (non-hydrogen) atoms. The summed E-state index contributed by atoms with van der Waals surface area (Å²) in [6.45, 7) is 8.02. The van der Waals surface area contributed by atoms with Gasteiger partial charge in [0.05, 0.1) is 25.0 Å². The van der Waals surface area contributed by atoms with Crippen LogP contribution in [0.25, 0.3) is 0 Å². The van der Waals surface area contributed by atoms with Crippen LogP contribution >= 0.6 is 11.6 Å². The summed E-state index contributed by atoms with van der Waals surface area (Å²) in [7, 11) is 0. The van der Waals surface area contributed by atoms with E-state index in [1.165, 1.54) is 0 Å². The number of halogens is 4. The van der Waals surface area contributed by atoms with Gasteiger partial charge in [0.2, 0.25) is 0 Å². The minimum atomic E-state index is -1.40. The normalized spacial score (nSPS) is 20.7. The first-order chi connectivity index (χ1) is 14.1. The van der Waals surface area contributed by atoms with Gasteiger partial charge in [0.1, 0.15) is 6.17 Å². The highest BCUT2D eigenvalue weighted by Gasteiger charge is 2.36. The maximum Gasteiger partial charge on any atom is 0.311 e. The molecule has 2 rings (SSSR count). The van der Waals surface area contributed by atoms with Crippen molar-refractivity contribution in [3.05, 3.63) is 33.8 Å². The molecule has 0 aromatic heterocycles. The summed E-state index contributed by atoms with van der Waals surface area (Å²) in [5.74, 6) is -2.20. The molecule has 1 fully saturated rings. The maximum atomic E-state index is 13.6. The van der Waals surface area contributed by atoms with E-state index in [0.29, 0.717) is 36.6 Å². The third-order valence-electron chi connectivity index (χ3n) is 4.89. The Morgan fingerprint density at radius 2 is 1.73 bits per heavy atom. The highest BCUT2D eigenvalue weighted by Crippen LogP contribution is 2.30. The maximum absolute atomic E-state index is 13.6. The van der Waals surface area contributed by atoms with Gasteiger partial charge in [0, 0.05) is 18.1 Å². The van der Waals surface area contributed by atoms with Gasteiger partial charge in [0.25, 0.3) is 5.91 Å². The summed E-state index contributed by atoms with van der Waals surface area (Å²) < 4.78 is 47.6. The lowest BCUT2D eigenvalue weighted by Gasteiger charge is -2.29. The lowest BCUT2D eigenvalue weighted by Crippen LogP contribution is -2.36. The average molecular weight is 452 g/mol. The second-order valence-corrected chi connectivity index (χ2v) is 7.52. The molecule has 0 bridgehead atoms. The first kappa shape index (κ1) is 26.2. The summed E-state index contributed by atoms with van der Waals surface area (Å²) in [5.41, 5.74) is 2.09. The zero-order chi connectivity index (χ0) is 22.8. The fourth-order valence-electron chi connectivity index (χ4n) is 3.41. The smallest absolute Gasteiger partial charge is 0.311 e. The van der Waals surface area contributed by atoms with E-state index in [9.17, 15) is 22.9 Å². The van der Waals surface area contributed by atoms with Gasteiger partial charge in [-0.15, -0.1) is 0 Å². The molecule has 5 nitrogen and oxygen atoms in total. The SMILES string of the molecule is CCOC(=O)C1CCC(OCC)CC1F.Cc1cc(Cl)cc(C)c1CC(=O)N(F)F. The van der Waals surface area contributed by atoms with Gasteiger partial charge >= 0.3 is 5.97 Å². The molecule has 0 N–H and O–H groups in total. The molecule has 1 aliphatic carbocycles. The topological polar surface area (TPSA) is 55.8 Å². The van der Waals surface area contributed by atoms with E-state index >= 15 is 0 Å². The van der Waals surface area contributed by atoms with Crippen molar-refractivity contribution < 1.29 is 32.4 Å². The van der Waals surface area contributed by atoms with Gasteiger partial charge in [-0.05, 0) is 74.7 Å². The minimum Gasteiger partial charge on any atom is -0.466 e. The number of hydrogen-bond acceptors (Lipinski definition) is 4. The molecular formula is C21H29ClF3NO4. The molecule has 0 saturated heterocycles. The monoisotopic (exact) mass is 451 g/mol. The number of aryl methyl sites for hydroxylation is 2. The van der Waals surface area contributed by atoms with Crippen LogP contribution in [0.15, 0.2) is 12.1 Å². The summed E-state index contributed by atoms with van der Waals surface area (Å²) in [4.78, 5) is 22.2. The molecule has 1 saturated carbocycles. The van der Waals surface area contributed by atoms with Crippen molar-refractivity contribution in [3.8, 4) is 0 Å². The van der Waals surface area contributed by atoms with E-state index in [4.69, 9.17) is 21.1 Å². The minimum absolute atomic E-state index is 0.0318. The van der Waals surface area contributed by atoms with Crippen LogP contribution in [0.4, 0.5) is 13.4 Å². The Kier molecular flexibility index (Phi) is 11.2. The number of carbonyl (C=O) groups is 2. The molecule has 1 aliphatic rings. The van der Waals surface area contributed by atoms with E-state index in [1.54, 1.807) is 32.9 Å². The number of amides is 1. The van der Waals surface area contributed by atoms with E-state index in [1.807, 2.05) is 6.92 Å². The summed E-state index contributed by atoms with van der Waals surface area (Å²) in [6.07, 6.45) is 0.145. The van der Waals surface area contributed by atoms with Crippen LogP contribution in [0, 0.1) is 19.8 Å². The van der Waals surface area contributed by atoms with Crippen LogP contribution in [-0.2, 0) is 25.5 Å². The molecule has 0 heterocycles. The average Bonchev–Trinajstić information content (AvgIpc) is 2.65. The number of rotatable bonds is 6. The van der Waals surface area contributed by atoms with Crippen molar-refractivity contribution >= 4 is 23.5 Å². The summed E-state index contributed by atoms with van der Waals surface area (Å²) in [6, 6.07) is 3.30. The predicted octanol–water partition coefficient (Wildman–Crippen LogP) is 5.19. The highest BCUT2D eigenvalue weighted by atomic mass is 35.5. The molecule has 9 heteroatoms. The van der Waals surface area contributed by atoms with Gasteiger partial charge < -0.3 is 9.47 Å². The number of ether oxygens (including phenoxy) is 2. The number of benzene rings is 1. The molecule has 1 aromatic rings. The lowest BCUT2D eigenvalue weighted by molar-refractivity contribution is -0.186. The van der Waals surface area contributed by atoms with Gasteiger partial charge in [-0.1, -0.05) is 20.6 Å². The molecule has 170 valence electrons. The van der Waals surface area contributed by atoms with Crippen molar-refractivity contribution in [2.75, 3.05) is 13.2 Å². The largest absolute Gasteiger partial charge is 0.466 e. The van der Waals surface area contributed by atoms with Crippen LogP contribution in [0.3, 0.4) is 0 Å². The molecule has 1 aromatic carbocycles. The summed E-state index contributed by atoms with van der Waals surface area (Å²) >= 11 is 5.78. The Bertz CT molecular complexity index is 694. The second kappa shape index (κ2) is 12.8. The van der Waals surface area contributed by atoms with Crippen LogP contribution in [-0.4, -0.2) is 42.7 Å². The van der Waals surface area contributed by atoms with Crippen molar-refractivity contribution in [2.24, 2.45) is 5.92 Å². The Morgan fingerprint density at radius 3 is 2.20 bits per heavy atom. The molecule has 3 unspecified atom stereocenters. The predicted molar refractivity (Wildman–Crippen MR) is 108 cm³/mol. The number of hydrogen-bond donors (Lipinski definition) is 0. The van der Waals surface area contributed by atoms with Crippen LogP contribution < -0.4 is 0 Å². The zero-order valence-electron chi connectivity index (χ0n) is 17.7. The van der Waals surface area contributed by atoms with Crippen LogP contribution in [0.2, 0.25) is 5.02 Å². The standard InChI is InChI=1S/C11H19FO3.C10H10ClF2NO/c1-3-14-8-5-6-9(10(12)7-8)11(13)15-4-2;1-6-3-8(11)4-7(2)9(6)5-10(15)14(12)13/h8-10H,3-7H2,1-2H3;3-4H,5H2,1-2H3.